The van der Waals surface area contributed by atoms with Gasteiger partial charge >= 0.3 is 0 Å². The van der Waals surface area contributed by atoms with Gasteiger partial charge in [0.05, 0.1) is 23.5 Å². The van der Waals surface area contributed by atoms with Gasteiger partial charge in [-0.1, -0.05) is 0 Å². The number of nitrogens with one attached hydrogen (secondary N) is 1. The Hall–Kier alpha value is -4.53. The topological polar surface area (TPSA) is 144 Å². The van der Waals surface area contributed by atoms with Gasteiger partial charge in [-0.3, -0.25) is 9.59 Å². The number of nitriles is 1. The van der Waals surface area contributed by atoms with Gasteiger partial charge in [0.1, 0.15) is 18.5 Å². The number of hydrogen-bond donors (Lipinski definition) is 1. The second kappa shape index (κ2) is 10.6. The van der Waals surface area contributed by atoms with Crippen molar-refractivity contribution in [1.29, 1.82) is 5.26 Å². The van der Waals surface area contributed by atoms with Crippen molar-refractivity contribution in [1.82, 2.24) is 30.0 Å². The highest BCUT2D eigenvalue weighted by atomic mass is 16.5. The van der Waals surface area contributed by atoms with Gasteiger partial charge < -0.3 is 19.4 Å². The summed E-state index contributed by atoms with van der Waals surface area (Å²) in [7, 11) is 0. The van der Waals surface area contributed by atoms with Crippen LogP contribution < -0.4 is 20.1 Å². The first-order valence-corrected chi connectivity index (χ1v) is 12.2. The minimum atomic E-state index is -0.245. The number of anilines is 2. The van der Waals surface area contributed by atoms with E-state index >= 15 is 0 Å². The van der Waals surface area contributed by atoms with E-state index in [2.05, 4.69) is 41.0 Å². The Morgan fingerprint density at radius 2 is 2.00 bits per heavy atom. The molecular weight excluding hydrogens is 474 g/mol. The Morgan fingerprint density at radius 1 is 1.16 bits per heavy atom. The molecule has 190 valence electrons. The molecule has 37 heavy (non-hydrogen) atoms. The molecule has 1 atom stereocenters. The van der Waals surface area contributed by atoms with Gasteiger partial charge in [0, 0.05) is 56.7 Å². The molecule has 3 aromatic rings. The van der Waals surface area contributed by atoms with Crippen molar-refractivity contribution < 1.29 is 9.53 Å². The van der Waals surface area contributed by atoms with Crippen LogP contribution in [0.4, 0.5) is 11.5 Å². The zero-order valence-electron chi connectivity index (χ0n) is 20.5. The molecule has 12 heteroatoms. The quantitative estimate of drug-likeness (QED) is 0.522. The molecule has 2 fully saturated rings. The zero-order chi connectivity index (χ0) is 25.8. The second-order valence-electron chi connectivity index (χ2n) is 9.02. The average molecular weight is 502 g/mol. The van der Waals surface area contributed by atoms with E-state index in [0.717, 1.165) is 30.9 Å². The molecule has 2 aliphatic heterocycles. The smallest absolute Gasteiger partial charge is 0.291 e. The summed E-state index contributed by atoms with van der Waals surface area (Å²) in [6.45, 7) is 5.23. The van der Waals surface area contributed by atoms with E-state index in [4.69, 9.17) is 10.00 Å². The number of carbonyl (C=O) groups excluding carboxylic acids is 1. The highest BCUT2D eigenvalue weighted by molar-refractivity contribution is 5.90. The lowest BCUT2D eigenvalue weighted by Crippen LogP contribution is -2.49. The largest absolute Gasteiger partial charge is 0.475 e. The third kappa shape index (κ3) is 5.20. The molecule has 1 N–H and O–H groups in total. The molecular formula is C25H27N9O3. The van der Waals surface area contributed by atoms with E-state index in [1.54, 1.807) is 36.4 Å². The number of rotatable bonds is 6. The predicted molar refractivity (Wildman–Crippen MR) is 135 cm³/mol. The number of aromatic nitrogens is 5. The SMILES string of the molecule is Cc1c(N2CCC[C@H]2COc2ccnc(C(=O)N3CCN(c4ccc(C#N)cn4)CC3)n2)cn[nH]c1=O. The summed E-state index contributed by atoms with van der Waals surface area (Å²) >= 11 is 0. The molecule has 3 aromatic heterocycles. The van der Waals surface area contributed by atoms with Gasteiger partial charge in [-0.2, -0.15) is 15.3 Å². The van der Waals surface area contributed by atoms with Crippen LogP contribution in [0.5, 0.6) is 5.88 Å². The summed E-state index contributed by atoms with van der Waals surface area (Å²) in [5.41, 5.74) is 1.76. The summed E-state index contributed by atoms with van der Waals surface area (Å²) in [6.07, 6.45) is 6.66. The van der Waals surface area contributed by atoms with Crippen molar-refractivity contribution in [2.24, 2.45) is 0 Å². The lowest BCUT2D eigenvalue weighted by molar-refractivity contribution is 0.0732. The number of piperazine rings is 1. The first kappa shape index (κ1) is 24.2. The summed E-state index contributed by atoms with van der Waals surface area (Å²) in [6, 6.07) is 7.33. The molecule has 5 rings (SSSR count). The van der Waals surface area contributed by atoms with Crippen LogP contribution in [0.3, 0.4) is 0 Å². The summed E-state index contributed by atoms with van der Waals surface area (Å²) < 4.78 is 5.97. The summed E-state index contributed by atoms with van der Waals surface area (Å²) in [5, 5.41) is 15.4. The van der Waals surface area contributed by atoms with Gasteiger partial charge in [0.25, 0.3) is 11.5 Å². The van der Waals surface area contributed by atoms with Gasteiger partial charge in [-0.15, -0.1) is 0 Å². The maximum atomic E-state index is 13.1. The van der Waals surface area contributed by atoms with Gasteiger partial charge in [0.2, 0.25) is 11.7 Å². The number of ether oxygens (including phenoxy) is 1. The number of amides is 1. The molecule has 2 aliphatic rings. The van der Waals surface area contributed by atoms with Gasteiger partial charge in [-0.05, 0) is 31.9 Å². The van der Waals surface area contributed by atoms with E-state index in [-0.39, 0.29) is 23.3 Å². The van der Waals surface area contributed by atoms with E-state index in [9.17, 15) is 9.59 Å². The van der Waals surface area contributed by atoms with Crippen LogP contribution in [0.2, 0.25) is 0 Å². The van der Waals surface area contributed by atoms with Crippen LogP contribution in [-0.4, -0.2) is 81.3 Å². The van der Waals surface area contributed by atoms with Gasteiger partial charge in [-0.25, -0.2) is 15.1 Å². The maximum Gasteiger partial charge on any atom is 0.291 e. The highest BCUT2D eigenvalue weighted by Gasteiger charge is 2.28. The van der Waals surface area contributed by atoms with E-state index in [0.29, 0.717) is 49.8 Å². The molecule has 0 bridgehead atoms. The maximum absolute atomic E-state index is 13.1. The minimum Gasteiger partial charge on any atom is -0.475 e. The Bertz CT molecular complexity index is 1360. The molecule has 0 spiro atoms. The Balaban J connectivity index is 1.18. The monoisotopic (exact) mass is 501 g/mol. The summed E-state index contributed by atoms with van der Waals surface area (Å²) in [4.78, 5) is 43.9. The van der Waals surface area contributed by atoms with E-state index in [1.807, 2.05) is 6.07 Å². The van der Waals surface area contributed by atoms with Crippen LogP contribution in [-0.2, 0) is 0 Å². The minimum absolute atomic E-state index is 0.0697. The highest BCUT2D eigenvalue weighted by Crippen LogP contribution is 2.26. The number of carbonyl (C=O) groups is 1. The van der Waals surface area contributed by atoms with Crippen LogP contribution in [0.15, 0.2) is 41.6 Å². The number of hydrogen-bond acceptors (Lipinski definition) is 10. The van der Waals surface area contributed by atoms with Crippen LogP contribution in [0.1, 0.15) is 34.6 Å². The van der Waals surface area contributed by atoms with Crippen molar-refractivity contribution in [2.75, 3.05) is 49.1 Å². The van der Waals surface area contributed by atoms with Gasteiger partial charge in [0.15, 0.2) is 0 Å². The fourth-order valence-electron chi connectivity index (χ4n) is 4.69. The fraction of sp³-hybridized carbons (Fsp3) is 0.400. The molecule has 0 aliphatic carbocycles. The van der Waals surface area contributed by atoms with Crippen molar-refractivity contribution in [2.45, 2.75) is 25.8 Å². The Morgan fingerprint density at radius 3 is 2.76 bits per heavy atom. The predicted octanol–water partition coefficient (Wildman–Crippen LogP) is 1.15. The second-order valence-corrected chi connectivity index (χ2v) is 9.02. The lowest BCUT2D eigenvalue weighted by Gasteiger charge is -2.35. The van der Waals surface area contributed by atoms with Crippen LogP contribution >= 0.6 is 0 Å². The lowest BCUT2D eigenvalue weighted by atomic mass is 10.2. The van der Waals surface area contributed by atoms with E-state index in [1.165, 1.54) is 6.20 Å². The molecule has 0 unspecified atom stereocenters. The van der Waals surface area contributed by atoms with Crippen LogP contribution in [0, 0.1) is 18.3 Å². The number of nitrogens with zero attached hydrogens (tertiary/aromatic N) is 8. The average Bonchev–Trinajstić information content (AvgIpc) is 3.42. The van der Waals surface area contributed by atoms with Crippen molar-refractivity contribution in [3.63, 3.8) is 0 Å². The molecule has 1 amide bonds. The summed E-state index contributed by atoms with van der Waals surface area (Å²) in [5.74, 6) is 0.974. The van der Waals surface area contributed by atoms with Crippen LogP contribution in [0.25, 0.3) is 0 Å². The fourth-order valence-corrected chi connectivity index (χ4v) is 4.69. The molecule has 2 saturated heterocycles. The van der Waals surface area contributed by atoms with Crippen molar-refractivity contribution in [3.05, 3.63) is 64.1 Å². The zero-order valence-corrected chi connectivity index (χ0v) is 20.5. The van der Waals surface area contributed by atoms with Crippen molar-refractivity contribution >= 4 is 17.4 Å². The third-order valence-electron chi connectivity index (χ3n) is 6.78. The third-order valence-corrected chi connectivity index (χ3v) is 6.78. The standard InChI is InChI=1S/C25H27N9O3/c1-17-20(15-29-31-24(17)35)34-8-2-3-19(34)16-37-22-6-7-27-23(30-22)25(36)33-11-9-32(10-12-33)21-5-4-18(13-26)14-28-21/h4-7,14-15,19H,2-3,8-12,16H2,1H3,(H,31,35)/t19-/m0/s1. The number of H-pyrrole nitrogens is 1. The molecule has 0 saturated carbocycles. The first-order chi connectivity index (χ1) is 18.0. The van der Waals surface area contributed by atoms with Crippen molar-refractivity contribution in [3.8, 4) is 11.9 Å². The molecule has 5 heterocycles. The normalized spacial score (nSPS) is 17.5. The number of aromatic amines is 1. The molecule has 0 aromatic carbocycles. The number of pyridine rings is 1. The Labute approximate surface area is 213 Å². The van der Waals surface area contributed by atoms with E-state index < -0.39 is 0 Å². The molecule has 0 radical (unpaired) electrons. The first-order valence-electron chi connectivity index (χ1n) is 12.2. The molecule has 12 nitrogen and oxygen atoms in total. The Kier molecular flexibility index (Phi) is 6.93.